The van der Waals surface area contributed by atoms with Crippen LogP contribution in [0.3, 0.4) is 0 Å². The number of benzene rings is 1. The van der Waals surface area contributed by atoms with Gasteiger partial charge in [-0.1, -0.05) is 23.2 Å². The molecule has 0 saturated carbocycles. The first-order valence-corrected chi connectivity index (χ1v) is 8.24. The Bertz CT molecular complexity index is 769. The summed E-state index contributed by atoms with van der Waals surface area (Å²) in [6.45, 7) is 6.85. The number of halogens is 2. The minimum Gasteiger partial charge on any atom is -0.482 e. The van der Waals surface area contributed by atoms with E-state index in [1.165, 1.54) is 0 Å². The van der Waals surface area contributed by atoms with E-state index in [9.17, 15) is 4.79 Å². The van der Waals surface area contributed by atoms with Crippen LogP contribution < -0.4 is 10.2 Å². The molecule has 0 radical (unpaired) electrons. The Hall–Kier alpha value is -1.98. The first kappa shape index (κ1) is 18.4. The standard InChI is InChI=1S/C17H19Cl2N3O2/c1-4-22-11(2)7-13(12(22)3)9-20-21-17(23)10-24-16-6-5-14(18)8-15(16)19/h5-9H,4,10H2,1-3H3,(H,21,23)/b20-9+. The highest BCUT2D eigenvalue weighted by Crippen LogP contribution is 2.27. The zero-order valence-corrected chi connectivity index (χ0v) is 15.3. The molecule has 0 unspecified atom stereocenters. The van der Waals surface area contributed by atoms with E-state index in [2.05, 4.69) is 22.0 Å². The van der Waals surface area contributed by atoms with Gasteiger partial charge in [-0.3, -0.25) is 4.79 Å². The first-order valence-electron chi connectivity index (χ1n) is 7.48. The predicted molar refractivity (Wildman–Crippen MR) is 97.3 cm³/mol. The normalized spacial score (nSPS) is 11.0. The summed E-state index contributed by atoms with van der Waals surface area (Å²) >= 11 is 11.8. The molecule has 1 aromatic carbocycles. The van der Waals surface area contributed by atoms with Gasteiger partial charge in [-0.25, -0.2) is 5.43 Å². The molecule has 0 saturated heterocycles. The second-order valence-electron chi connectivity index (χ2n) is 5.23. The van der Waals surface area contributed by atoms with Crippen molar-refractivity contribution in [1.82, 2.24) is 9.99 Å². The number of carbonyl (C=O) groups is 1. The second-order valence-corrected chi connectivity index (χ2v) is 6.07. The molecule has 0 atom stereocenters. The summed E-state index contributed by atoms with van der Waals surface area (Å²) in [7, 11) is 0. The highest BCUT2D eigenvalue weighted by Gasteiger charge is 2.07. The van der Waals surface area contributed by atoms with Crippen LogP contribution in [0.25, 0.3) is 0 Å². The van der Waals surface area contributed by atoms with Gasteiger partial charge in [0.2, 0.25) is 0 Å². The van der Waals surface area contributed by atoms with E-state index in [-0.39, 0.29) is 12.5 Å². The summed E-state index contributed by atoms with van der Waals surface area (Å²) in [5.41, 5.74) is 5.67. The maximum atomic E-state index is 11.8. The van der Waals surface area contributed by atoms with Crippen molar-refractivity contribution in [2.75, 3.05) is 6.61 Å². The largest absolute Gasteiger partial charge is 0.482 e. The molecule has 0 aliphatic heterocycles. The molecule has 0 aliphatic rings. The number of amides is 1. The maximum absolute atomic E-state index is 11.8. The summed E-state index contributed by atoms with van der Waals surface area (Å²) in [5.74, 6) is 0.0215. The lowest BCUT2D eigenvalue weighted by molar-refractivity contribution is -0.123. The Morgan fingerprint density at radius 3 is 2.71 bits per heavy atom. The molecular formula is C17H19Cl2N3O2. The third kappa shape index (κ3) is 4.52. The molecule has 1 amide bonds. The van der Waals surface area contributed by atoms with Gasteiger partial charge in [-0.05, 0) is 45.0 Å². The first-order chi connectivity index (χ1) is 11.4. The number of aromatic nitrogens is 1. The average Bonchev–Trinajstić information content (AvgIpc) is 2.80. The van der Waals surface area contributed by atoms with Crippen molar-refractivity contribution in [2.24, 2.45) is 5.10 Å². The molecule has 5 nitrogen and oxygen atoms in total. The number of ether oxygens (including phenoxy) is 1. The summed E-state index contributed by atoms with van der Waals surface area (Å²) in [4.78, 5) is 11.8. The lowest BCUT2D eigenvalue weighted by Gasteiger charge is -2.07. The molecule has 2 aromatic rings. The Labute approximate surface area is 151 Å². The van der Waals surface area contributed by atoms with Crippen molar-refractivity contribution in [3.8, 4) is 5.75 Å². The predicted octanol–water partition coefficient (Wildman–Crippen LogP) is 3.96. The molecule has 1 aromatic heterocycles. The minimum atomic E-state index is -0.374. The van der Waals surface area contributed by atoms with Gasteiger partial charge < -0.3 is 9.30 Å². The highest BCUT2D eigenvalue weighted by molar-refractivity contribution is 6.35. The van der Waals surface area contributed by atoms with Crippen molar-refractivity contribution < 1.29 is 9.53 Å². The molecule has 0 aliphatic carbocycles. The third-order valence-electron chi connectivity index (χ3n) is 3.57. The van der Waals surface area contributed by atoms with Crippen LogP contribution in [-0.4, -0.2) is 23.3 Å². The van der Waals surface area contributed by atoms with Crippen molar-refractivity contribution >= 4 is 35.3 Å². The van der Waals surface area contributed by atoms with Gasteiger partial charge in [0.1, 0.15) is 5.75 Å². The highest BCUT2D eigenvalue weighted by atomic mass is 35.5. The van der Waals surface area contributed by atoms with Crippen LogP contribution in [0, 0.1) is 13.8 Å². The van der Waals surface area contributed by atoms with Gasteiger partial charge in [0.15, 0.2) is 6.61 Å². The van der Waals surface area contributed by atoms with Crippen LogP contribution in [0.15, 0.2) is 29.4 Å². The monoisotopic (exact) mass is 367 g/mol. The minimum absolute atomic E-state index is 0.188. The van der Waals surface area contributed by atoms with Crippen molar-refractivity contribution in [2.45, 2.75) is 27.3 Å². The Morgan fingerprint density at radius 1 is 1.33 bits per heavy atom. The van der Waals surface area contributed by atoms with Gasteiger partial charge in [-0.2, -0.15) is 5.10 Å². The summed E-state index contributed by atoms with van der Waals surface area (Å²) in [6, 6.07) is 6.83. The van der Waals surface area contributed by atoms with Gasteiger partial charge in [0.05, 0.1) is 11.2 Å². The molecule has 0 bridgehead atoms. The second kappa shape index (κ2) is 8.22. The number of hydrogen-bond donors (Lipinski definition) is 1. The lowest BCUT2D eigenvalue weighted by Crippen LogP contribution is -2.24. The van der Waals surface area contributed by atoms with Crippen molar-refractivity contribution in [3.05, 3.63) is 51.3 Å². The molecule has 0 fully saturated rings. The van der Waals surface area contributed by atoms with E-state index in [1.807, 2.05) is 19.9 Å². The van der Waals surface area contributed by atoms with E-state index in [1.54, 1.807) is 24.4 Å². The fourth-order valence-electron chi connectivity index (χ4n) is 2.39. The van der Waals surface area contributed by atoms with E-state index in [0.29, 0.717) is 15.8 Å². The van der Waals surface area contributed by atoms with Crippen LogP contribution in [-0.2, 0) is 11.3 Å². The van der Waals surface area contributed by atoms with Crippen molar-refractivity contribution in [3.63, 3.8) is 0 Å². The summed E-state index contributed by atoms with van der Waals surface area (Å²) < 4.78 is 7.52. The van der Waals surface area contributed by atoms with Gasteiger partial charge in [-0.15, -0.1) is 0 Å². The molecule has 1 heterocycles. The molecule has 7 heteroatoms. The summed E-state index contributed by atoms with van der Waals surface area (Å²) in [5, 5.41) is 4.83. The number of nitrogens with zero attached hydrogens (tertiary/aromatic N) is 2. The van der Waals surface area contributed by atoms with Crippen LogP contribution >= 0.6 is 23.2 Å². The quantitative estimate of drug-likeness (QED) is 0.620. The van der Waals surface area contributed by atoms with E-state index in [0.717, 1.165) is 23.5 Å². The van der Waals surface area contributed by atoms with Gasteiger partial charge >= 0.3 is 0 Å². The van der Waals surface area contributed by atoms with E-state index < -0.39 is 0 Å². The van der Waals surface area contributed by atoms with Crippen LogP contribution in [0.2, 0.25) is 10.0 Å². The molecule has 2 rings (SSSR count). The Kier molecular flexibility index (Phi) is 6.29. The number of nitrogens with one attached hydrogen (secondary N) is 1. The molecule has 1 N–H and O–H groups in total. The number of aryl methyl sites for hydroxylation is 1. The zero-order chi connectivity index (χ0) is 17.7. The smallest absolute Gasteiger partial charge is 0.277 e. The van der Waals surface area contributed by atoms with Gasteiger partial charge in [0.25, 0.3) is 5.91 Å². The average molecular weight is 368 g/mol. The Balaban J connectivity index is 1.89. The molecule has 128 valence electrons. The third-order valence-corrected chi connectivity index (χ3v) is 4.11. The molecular weight excluding hydrogens is 349 g/mol. The SMILES string of the molecule is CCn1c(C)cc(/C=N/NC(=O)COc2ccc(Cl)cc2Cl)c1C. The molecule has 24 heavy (non-hydrogen) atoms. The van der Waals surface area contributed by atoms with Crippen LogP contribution in [0.4, 0.5) is 0 Å². The summed E-state index contributed by atoms with van der Waals surface area (Å²) in [6.07, 6.45) is 1.63. The number of hydrogen-bond acceptors (Lipinski definition) is 3. The fourth-order valence-corrected chi connectivity index (χ4v) is 2.85. The number of hydrazone groups is 1. The van der Waals surface area contributed by atoms with Crippen LogP contribution in [0.1, 0.15) is 23.9 Å². The Morgan fingerprint density at radius 2 is 2.08 bits per heavy atom. The lowest BCUT2D eigenvalue weighted by atomic mass is 10.3. The van der Waals surface area contributed by atoms with Crippen LogP contribution in [0.5, 0.6) is 5.75 Å². The number of rotatable bonds is 6. The van der Waals surface area contributed by atoms with Crippen molar-refractivity contribution in [1.29, 1.82) is 0 Å². The zero-order valence-electron chi connectivity index (χ0n) is 13.8. The number of carbonyl (C=O) groups excluding carboxylic acids is 1. The van der Waals surface area contributed by atoms with Gasteiger partial charge in [0, 0.05) is 28.5 Å². The fraction of sp³-hybridized carbons (Fsp3) is 0.294. The molecule has 0 spiro atoms. The van der Waals surface area contributed by atoms with E-state index in [4.69, 9.17) is 27.9 Å². The maximum Gasteiger partial charge on any atom is 0.277 e. The topological polar surface area (TPSA) is 55.6 Å². The van der Waals surface area contributed by atoms with E-state index >= 15 is 0 Å².